The number of benzene rings is 2. The fourth-order valence-corrected chi connectivity index (χ4v) is 4.19. The first-order valence-electron chi connectivity index (χ1n) is 9.38. The number of thiazole rings is 1. The van der Waals surface area contributed by atoms with E-state index >= 15 is 0 Å². The third kappa shape index (κ3) is 7.23. The van der Waals surface area contributed by atoms with Crippen LogP contribution in [-0.2, 0) is 14.8 Å². The van der Waals surface area contributed by atoms with Gasteiger partial charge in [0.15, 0.2) is 5.13 Å². The number of carbonyl (C=O) groups is 1. The highest BCUT2D eigenvalue weighted by Gasteiger charge is 2.08. The Bertz CT molecular complexity index is 1230. The lowest BCUT2D eigenvalue weighted by atomic mass is 10.2. The smallest absolute Gasteiger partial charge is 0.413 e. The van der Waals surface area contributed by atoms with Crippen LogP contribution in [0, 0.1) is 6.92 Å². The molecule has 0 saturated heterocycles. The van der Waals surface area contributed by atoms with E-state index < -0.39 is 16.1 Å². The van der Waals surface area contributed by atoms with E-state index in [0.29, 0.717) is 11.1 Å². The number of nitrogens with zero attached hydrogens (tertiary/aromatic N) is 2. The van der Waals surface area contributed by atoms with Crippen molar-refractivity contribution in [1.29, 1.82) is 0 Å². The van der Waals surface area contributed by atoms with Gasteiger partial charge in [-0.1, -0.05) is 43.4 Å². The molecular weight excluding hydrogens is 438 g/mol. The van der Waals surface area contributed by atoms with Crippen LogP contribution in [0.25, 0.3) is 21.3 Å². The summed E-state index contributed by atoms with van der Waals surface area (Å²) in [6, 6.07) is 13.3. The van der Waals surface area contributed by atoms with Crippen molar-refractivity contribution in [1.82, 2.24) is 15.0 Å². The van der Waals surface area contributed by atoms with Crippen LogP contribution in [0.3, 0.4) is 0 Å². The number of anilines is 2. The minimum atomic E-state index is -3.24. The van der Waals surface area contributed by atoms with Crippen LogP contribution in [0.5, 0.6) is 0 Å². The Kier molecular flexibility index (Phi) is 8.34. The third-order valence-electron chi connectivity index (χ3n) is 3.61. The molecule has 2 aromatic heterocycles. The molecule has 11 heteroatoms. The lowest BCUT2D eigenvalue weighted by Gasteiger charge is -1.96. The van der Waals surface area contributed by atoms with E-state index in [-0.39, 0.29) is 0 Å². The molecule has 1 amide bonds. The van der Waals surface area contributed by atoms with Crippen LogP contribution in [0.1, 0.15) is 19.4 Å². The molecule has 0 saturated carbocycles. The monoisotopic (exact) mass is 463 g/mol. The van der Waals surface area contributed by atoms with Gasteiger partial charge in [-0.05, 0) is 36.8 Å². The maximum absolute atomic E-state index is 11.0. The molecule has 0 aliphatic carbocycles. The van der Waals surface area contributed by atoms with Crippen molar-refractivity contribution in [2.45, 2.75) is 20.8 Å². The predicted octanol–water partition coefficient (Wildman–Crippen LogP) is 4.74. The molecule has 2 heterocycles. The van der Waals surface area contributed by atoms with Gasteiger partial charge in [0.2, 0.25) is 16.0 Å². The van der Waals surface area contributed by atoms with Gasteiger partial charge in [0.25, 0.3) is 0 Å². The number of ether oxygens (including phenoxy) is 1. The second-order valence-electron chi connectivity index (χ2n) is 6.08. The number of para-hydroxylation sites is 2. The Labute approximate surface area is 184 Å². The molecule has 0 atom stereocenters. The Morgan fingerprint density at radius 2 is 1.81 bits per heavy atom. The molecule has 0 unspecified atom stereocenters. The summed E-state index contributed by atoms with van der Waals surface area (Å²) in [5.74, 6) is 0.387. The number of carbonyl (C=O) groups excluding carboxylic acids is 1. The molecule has 0 aliphatic heterocycles. The Morgan fingerprint density at radius 3 is 2.45 bits per heavy atom. The summed E-state index contributed by atoms with van der Waals surface area (Å²) in [6.07, 6.45) is 0.577. The highest BCUT2D eigenvalue weighted by atomic mass is 32.2. The van der Waals surface area contributed by atoms with Crippen molar-refractivity contribution < 1.29 is 17.9 Å². The second kappa shape index (κ2) is 10.7. The Hall–Kier alpha value is -3.18. The number of sulfonamides is 1. The molecular formula is C20H25N5O4S2. The van der Waals surface area contributed by atoms with Gasteiger partial charge < -0.3 is 9.72 Å². The molecule has 0 spiro atoms. The van der Waals surface area contributed by atoms with Crippen LogP contribution >= 0.6 is 11.3 Å². The molecule has 31 heavy (non-hydrogen) atoms. The van der Waals surface area contributed by atoms with Gasteiger partial charge in [-0.2, -0.15) is 0 Å². The highest BCUT2D eigenvalue weighted by molar-refractivity contribution is 7.92. The van der Waals surface area contributed by atoms with Gasteiger partial charge in [0.1, 0.15) is 0 Å². The summed E-state index contributed by atoms with van der Waals surface area (Å²) in [4.78, 5) is 22.1. The van der Waals surface area contributed by atoms with E-state index in [4.69, 9.17) is 0 Å². The molecule has 0 fully saturated rings. The Balaban J connectivity index is 0.000000204. The van der Waals surface area contributed by atoms with Crippen molar-refractivity contribution in [2.24, 2.45) is 0 Å². The normalized spacial score (nSPS) is 10.5. The van der Waals surface area contributed by atoms with E-state index in [0.717, 1.165) is 33.1 Å². The molecule has 3 N–H and O–H groups in total. The maximum atomic E-state index is 11.0. The standard InChI is InChI=1S/C9H9N3O2.C9H10N2O2S2.C2H6/c1-14-9(13)12-8-10-6-4-2-3-5-7(6)11-8;1-6-3-4-7-8(5-6)14-9(10-7)11-15(2,12)13;1-2/h2-5H,1H3,(H2,10,11,12,13);3-5H,1-2H3,(H,10,11);1-2H3. The number of amides is 1. The number of methoxy groups -OCH3 is 1. The zero-order valence-electron chi connectivity index (χ0n) is 17.9. The average Bonchev–Trinajstić information content (AvgIpc) is 3.30. The van der Waals surface area contributed by atoms with Crippen LogP contribution in [0.2, 0.25) is 0 Å². The second-order valence-corrected chi connectivity index (χ2v) is 8.86. The van der Waals surface area contributed by atoms with Gasteiger partial charge in [-0.25, -0.2) is 23.2 Å². The molecule has 0 bridgehead atoms. The average molecular weight is 464 g/mol. The van der Waals surface area contributed by atoms with Crippen LogP contribution in [0.4, 0.5) is 15.9 Å². The summed E-state index contributed by atoms with van der Waals surface area (Å²) in [5, 5.41) is 2.87. The number of hydrogen-bond donors (Lipinski definition) is 3. The van der Waals surface area contributed by atoms with Gasteiger partial charge >= 0.3 is 6.09 Å². The largest absolute Gasteiger partial charge is 0.453 e. The first kappa shape index (κ1) is 24.1. The van der Waals surface area contributed by atoms with Gasteiger partial charge in [0, 0.05) is 0 Å². The van der Waals surface area contributed by atoms with E-state index in [2.05, 4.69) is 29.7 Å². The number of aryl methyl sites for hydroxylation is 1. The first-order chi connectivity index (χ1) is 14.7. The van der Waals surface area contributed by atoms with E-state index in [9.17, 15) is 13.2 Å². The van der Waals surface area contributed by atoms with Crippen LogP contribution in [0.15, 0.2) is 42.5 Å². The number of rotatable bonds is 3. The highest BCUT2D eigenvalue weighted by Crippen LogP contribution is 2.27. The van der Waals surface area contributed by atoms with Crippen LogP contribution < -0.4 is 10.0 Å². The molecule has 0 radical (unpaired) electrons. The third-order valence-corrected chi connectivity index (χ3v) is 5.24. The number of nitrogens with one attached hydrogen (secondary N) is 3. The lowest BCUT2D eigenvalue weighted by Crippen LogP contribution is -2.11. The minimum absolute atomic E-state index is 0.387. The maximum Gasteiger partial charge on any atom is 0.413 e. The Morgan fingerprint density at radius 1 is 1.10 bits per heavy atom. The molecule has 4 aromatic rings. The molecule has 9 nitrogen and oxygen atoms in total. The fraction of sp³-hybridized carbons (Fsp3) is 0.250. The van der Waals surface area contributed by atoms with Gasteiger partial charge in [-0.15, -0.1) is 0 Å². The van der Waals surface area contributed by atoms with Crippen molar-refractivity contribution in [3.63, 3.8) is 0 Å². The zero-order valence-corrected chi connectivity index (χ0v) is 19.5. The summed E-state index contributed by atoms with van der Waals surface area (Å²) in [5.41, 5.74) is 3.63. The van der Waals surface area contributed by atoms with Crippen molar-refractivity contribution in [2.75, 3.05) is 23.4 Å². The topological polar surface area (TPSA) is 126 Å². The predicted molar refractivity (Wildman–Crippen MR) is 126 cm³/mol. The van der Waals surface area contributed by atoms with Gasteiger partial charge in [0.05, 0.1) is 34.6 Å². The number of imidazole rings is 1. The molecule has 2 aromatic carbocycles. The van der Waals surface area contributed by atoms with E-state index in [1.165, 1.54) is 18.4 Å². The molecule has 4 rings (SSSR count). The number of aromatic nitrogens is 3. The van der Waals surface area contributed by atoms with Crippen molar-refractivity contribution >= 4 is 59.8 Å². The minimum Gasteiger partial charge on any atom is -0.453 e. The first-order valence-corrected chi connectivity index (χ1v) is 12.1. The zero-order chi connectivity index (χ0) is 23.0. The number of H-pyrrole nitrogens is 1. The molecule has 0 aliphatic rings. The number of aromatic amines is 1. The summed E-state index contributed by atoms with van der Waals surface area (Å²) in [6.45, 7) is 5.99. The summed E-state index contributed by atoms with van der Waals surface area (Å²) in [7, 11) is -1.93. The SMILES string of the molecule is CC.COC(=O)Nc1nc2ccccc2[nH]1.Cc1ccc2nc(NS(C)(=O)=O)sc2c1. The lowest BCUT2D eigenvalue weighted by molar-refractivity contribution is 0.186. The summed E-state index contributed by atoms with van der Waals surface area (Å²) < 4.78 is 29.8. The van der Waals surface area contributed by atoms with Crippen molar-refractivity contribution in [3.8, 4) is 0 Å². The summed E-state index contributed by atoms with van der Waals surface area (Å²) >= 11 is 1.34. The van der Waals surface area contributed by atoms with E-state index in [1.807, 2.05) is 63.2 Å². The molecule has 166 valence electrons. The van der Waals surface area contributed by atoms with Gasteiger partial charge in [-0.3, -0.25) is 10.0 Å². The van der Waals surface area contributed by atoms with Crippen LogP contribution in [-0.4, -0.2) is 42.8 Å². The van der Waals surface area contributed by atoms with E-state index in [1.54, 1.807) is 0 Å². The quantitative estimate of drug-likeness (QED) is 0.403. The fourth-order valence-electron chi connectivity index (χ4n) is 2.39. The number of fused-ring (bicyclic) bond motifs is 2. The van der Waals surface area contributed by atoms with Crippen molar-refractivity contribution in [3.05, 3.63) is 48.0 Å². The number of hydrogen-bond acceptors (Lipinski definition) is 7.